The van der Waals surface area contributed by atoms with E-state index in [0.717, 1.165) is 18.2 Å². The van der Waals surface area contributed by atoms with Gasteiger partial charge in [0.1, 0.15) is 0 Å². The van der Waals surface area contributed by atoms with Gasteiger partial charge in [-0.15, -0.1) is 0 Å². The van der Waals surface area contributed by atoms with Gasteiger partial charge < -0.3 is 5.32 Å². The van der Waals surface area contributed by atoms with Crippen molar-refractivity contribution in [3.05, 3.63) is 68.2 Å². The Balaban J connectivity index is 1.83. The van der Waals surface area contributed by atoms with Gasteiger partial charge in [0, 0.05) is 30.2 Å². The van der Waals surface area contributed by atoms with Crippen molar-refractivity contribution >= 4 is 45.3 Å². The van der Waals surface area contributed by atoms with Gasteiger partial charge in [-0.25, -0.2) is 5.43 Å². The zero-order valence-corrected chi connectivity index (χ0v) is 16.7. The molecule has 158 valence electrons. The van der Waals surface area contributed by atoms with Crippen LogP contribution in [0.1, 0.15) is 24.0 Å². The summed E-state index contributed by atoms with van der Waals surface area (Å²) in [6, 6.07) is 8.37. The molecule has 0 heterocycles. The van der Waals surface area contributed by atoms with Gasteiger partial charge in [-0.1, -0.05) is 12.1 Å². The number of hydrogen-bond donors (Lipinski definition) is 2. The molecule has 0 aliphatic carbocycles. The van der Waals surface area contributed by atoms with Crippen molar-refractivity contribution in [3.63, 3.8) is 0 Å². The number of nitro benzene ring substituents is 1. The molecule has 0 fully saturated rings. The molecule has 2 aromatic rings. The van der Waals surface area contributed by atoms with Crippen LogP contribution in [-0.4, -0.2) is 23.0 Å². The molecule has 0 aliphatic heterocycles. The fourth-order valence-corrected chi connectivity index (χ4v) is 2.60. The molecule has 0 aliphatic rings. The Kier molecular flexibility index (Phi) is 7.64. The molecule has 0 spiro atoms. The Labute approximate surface area is 176 Å². The standard InChI is InChI=1S/C18H14BrF3N4O4/c19-14-5-4-11(8-15(14)26(29)30)10-23-25-17(28)7-6-16(27)24-13-3-1-2-12(9-13)18(20,21)22/h1-5,8-10H,6-7H2,(H,24,27)(H,25,28). The molecule has 0 atom stereocenters. The molecule has 2 aromatic carbocycles. The number of alkyl halides is 3. The molecule has 2 N–H and O–H groups in total. The Hall–Kier alpha value is -3.28. The van der Waals surface area contributed by atoms with Crippen LogP contribution in [-0.2, 0) is 15.8 Å². The van der Waals surface area contributed by atoms with Crippen LogP contribution in [0.25, 0.3) is 0 Å². The van der Waals surface area contributed by atoms with E-state index >= 15 is 0 Å². The second kappa shape index (κ2) is 9.96. The van der Waals surface area contributed by atoms with Crippen molar-refractivity contribution in [3.8, 4) is 0 Å². The quantitative estimate of drug-likeness (QED) is 0.346. The molecular weight excluding hydrogens is 473 g/mol. The van der Waals surface area contributed by atoms with Crippen molar-refractivity contribution < 1.29 is 27.7 Å². The number of hydrogen-bond acceptors (Lipinski definition) is 5. The first-order chi connectivity index (χ1) is 14.1. The van der Waals surface area contributed by atoms with Gasteiger partial charge in [-0.2, -0.15) is 18.3 Å². The highest BCUT2D eigenvalue weighted by atomic mass is 79.9. The fourth-order valence-electron chi connectivity index (χ4n) is 2.21. The topological polar surface area (TPSA) is 114 Å². The molecular formula is C18H14BrF3N4O4. The number of rotatable bonds is 7. The Morgan fingerprint density at radius 1 is 1.13 bits per heavy atom. The largest absolute Gasteiger partial charge is 0.416 e. The number of nitrogens with one attached hydrogen (secondary N) is 2. The Morgan fingerprint density at radius 3 is 2.50 bits per heavy atom. The second-order valence-electron chi connectivity index (χ2n) is 5.89. The third kappa shape index (κ3) is 6.95. The summed E-state index contributed by atoms with van der Waals surface area (Å²) in [5.74, 6) is -1.26. The van der Waals surface area contributed by atoms with Crippen molar-refractivity contribution in [2.24, 2.45) is 5.10 Å². The third-order valence-corrected chi connectivity index (χ3v) is 4.29. The molecule has 2 amide bonds. The van der Waals surface area contributed by atoms with E-state index in [-0.39, 0.29) is 24.2 Å². The molecule has 0 bridgehead atoms. The number of benzene rings is 2. The summed E-state index contributed by atoms with van der Waals surface area (Å²) in [6.07, 6.45) is -3.88. The van der Waals surface area contributed by atoms with Gasteiger partial charge in [0.2, 0.25) is 11.8 Å². The number of carbonyl (C=O) groups excluding carboxylic acids is 2. The minimum absolute atomic E-state index is 0.0370. The second-order valence-corrected chi connectivity index (χ2v) is 6.74. The third-order valence-electron chi connectivity index (χ3n) is 3.62. The van der Waals surface area contributed by atoms with E-state index in [1.165, 1.54) is 30.5 Å². The first-order valence-electron chi connectivity index (χ1n) is 8.29. The van der Waals surface area contributed by atoms with Crippen molar-refractivity contribution in [2.75, 3.05) is 5.32 Å². The lowest BCUT2D eigenvalue weighted by Gasteiger charge is -2.09. The first kappa shape index (κ1) is 23.0. The number of nitro groups is 1. The SMILES string of the molecule is O=C(CCC(=O)Nc1cccc(C(F)(F)F)c1)NN=Cc1ccc(Br)c([N+](=O)[O-])c1. The zero-order chi connectivity index (χ0) is 22.3. The Bertz CT molecular complexity index is 996. The van der Waals surface area contributed by atoms with Crippen molar-refractivity contribution in [1.82, 2.24) is 5.43 Å². The maximum atomic E-state index is 12.7. The molecule has 30 heavy (non-hydrogen) atoms. The summed E-state index contributed by atoms with van der Waals surface area (Å²) in [4.78, 5) is 33.9. The van der Waals surface area contributed by atoms with E-state index in [4.69, 9.17) is 0 Å². The smallest absolute Gasteiger partial charge is 0.326 e. The number of anilines is 1. The van der Waals surface area contributed by atoms with Crippen LogP contribution in [0.4, 0.5) is 24.5 Å². The van der Waals surface area contributed by atoms with E-state index in [1.807, 2.05) is 0 Å². The van der Waals surface area contributed by atoms with E-state index < -0.39 is 28.5 Å². The average molecular weight is 487 g/mol. The van der Waals surface area contributed by atoms with Crippen molar-refractivity contribution in [2.45, 2.75) is 19.0 Å². The van der Waals surface area contributed by atoms with Gasteiger partial charge in [-0.05, 0) is 40.2 Å². The highest BCUT2D eigenvalue weighted by molar-refractivity contribution is 9.10. The summed E-state index contributed by atoms with van der Waals surface area (Å²) in [7, 11) is 0. The summed E-state index contributed by atoms with van der Waals surface area (Å²) in [6.45, 7) is 0. The minimum Gasteiger partial charge on any atom is -0.326 e. The summed E-state index contributed by atoms with van der Waals surface area (Å²) >= 11 is 3.04. The van der Waals surface area contributed by atoms with Gasteiger partial charge in [0.05, 0.1) is 21.2 Å². The highest BCUT2D eigenvalue weighted by Crippen LogP contribution is 2.30. The maximum absolute atomic E-state index is 12.7. The molecule has 8 nitrogen and oxygen atoms in total. The fraction of sp³-hybridized carbons (Fsp3) is 0.167. The van der Waals surface area contributed by atoms with Crippen LogP contribution in [0.2, 0.25) is 0 Å². The number of amides is 2. The molecule has 0 aromatic heterocycles. The van der Waals surface area contributed by atoms with Crippen LogP contribution in [0.5, 0.6) is 0 Å². The van der Waals surface area contributed by atoms with Crippen molar-refractivity contribution in [1.29, 1.82) is 0 Å². The summed E-state index contributed by atoms with van der Waals surface area (Å²) in [5.41, 5.74) is 1.42. The molecule has 0 unspecified atom stereocenters. The number of halogens is 4. The van der Waals surface area contributed by atoms with E-state index in [1.54, 1.807) is 0 Å². The lowest BCUT2D eigenvalue weighted by molar-refractivity contribution is -0.385. The van der Waals surface area contributed by atoms with Crippen LogP contribution in [0, 0.1) is 10.1 Å². The van der Waals surface area contributed by atoms with Crippen LogP contribution >= 0.6 is 15.9 Å². The Morgan fingerprint density at radius 2 is 1.83 bits per heavy atom. The van der Waals surface area contributed by atoms with Gasteiger partial charge in [-0.3, -0.25) is 19.7 Å². The van der Waals surface area contributed by atoms with Gasteiger partial charge in [0.25, 0.3) is 5.69 Å². The number of carbonyl (C=O) groups is 2. The van der Waals surface area contributed by atoms with Gasteiger partial charge in [0.15, 0.2) is 0 Å². The van der Waals surface area contributed by atoms with E-state index in [9.17, 15) is 32.9 Å². The van der Waals surface area contributed by atoms with Crippen LogP contribution in [0.3, 0.4) is 0 Å². The molecule has 2 rings (SSSR count). The zero-order valence-electron chi connectivity index (χ0n) is 15.1. The minimum atomic E-state index is -4.53. The summed E-state index contributed by atoms with van der Waals surface area (Å²) in [5, 5.41) is 16.8. The van der Waals surface area contributed by atoms with Crippen LogP contribution in [0.15, 0.2) is 52.0 Å². The van der Waals surface area contributed by atoms with E-state index in [0.29, 0.717) is 10.0 Å². The van der Waals surface area contributed by atoms with Crippen LogP contribution < -0.4 is 10.7 Å². The normalized spacial score (nSPS) is 11.3. The average Bonchev–Trinajstić information content (AvgIpc) is 2.67. The number of hydrazone groups is 1. The lowest BCUT2D eigenvalue weighted by atomic mass is 10.2. The predicted molar refractivity (Wildman–Crippen MR) is 106 cm³/mol. The maximum Gasteiger partial charge on any atom is 0.416 e. The lowest BCUT2D eigenvalue weighted by Crippen LogP contribution is -2.20. The monoisotopic (exact) mass is 486 g/mol. The molecule has 0 saturated carbocycles. The number of nitrogens with zero attached hydrogens (tertiary/aromatic N) is 2. The van der Waals surface area contributed by atoms with E-state index in [2.05, 4.69) is 31.8 Å². The molecule has 0 radical (unpaired) electrons. The first-order valence-corrected chi connectivity index (χ1v) is 9.08. The molecule has 12 heteroatoms. The molecule has 0 saturated heterocycles. The van der Waals surface area contributed by atoms with Gasteiger partial charge >= 0.3 is 6.18 Å². The summed E-state index contributed by atoms with van der Waals surface area (Å²) < 4.78 is 38.3. The predicted octanol–water partition coefficient (Wildman–Crippen LogP) is 4.25. The highest BCUT2D eigenvalue weighted by Gasteiger charge is 2.30.